The Kier molecular flexibility index (Phi) is 7.87. The first-order chi connectivity index (χ1) is 15.4. The van der Waals surface area contributed by atoms with E-state index in [0.29, 0.717) is 6.54 Å². The van der Waals surface area contributed by atoms with E-state index in [1.54, 1.807) is 4.90 Å². The summed E-state index contributed by atoms with van der Waals surface area (Å²) < 4.78 is 0. The van der Waals surface area contributed by atoms with Crippen molar-refractivity contribution in [2.24, 2.45) is 11.7 Å². The van der Waals surface area contributed by atoms with E-state index >= 15 is 0 Å². The predicted octanol–water partition coefficient (Wildman–Crippen LogP) is 2.19. The number of hydrogen-bond acceptors (Lipinski definition) is 3. The number of nitrogens with two attached hydrogens (primary N) is 1. The number of amides is 1. The Labute approximate surface area is 188 Å². The summed E-state index contributed by atoms with van der Waals surface area (Å²) in [6, 6.07) is 16.0. The van der Waals surface area contributed by atoms with Crippen LogP contribution < -0.4 is 11.1 Å². The second kappa shape index (κ2) is 11.0. The number of nitrogens with zero attached hydrogens (tertiary/aromatic N) is 1. The molecule has 1 saturated heterocycles. The zero-order valence-electron chi connectivity index (χ0n) is 17.9. The predicted molar refractivity (Wildman–Crippen MR) is 123 cm³/mol. The van der Waals surface area contributed by atoms with Crippen molar-refractivity contribution >= 4 is 17.8 Å². The number of carboxylic acid groups (broad SMARTS) is 1. The molecule has 1 heterocycles. The van der Waals surface area contributed by atoms with E-state index in [1.807, 2.05) is 54.6 Å². The van der Waals surface area contributed by atoms with Gasteiger partial charge in [0.15, 0.2) is 5.96 Å². The highest BCUT2D eigenvalue weighted by molar-refractivity contribution is 5.84. The number of carbonyl (C=O) groups excluding carboxylic acids is 1. The van der Waals surface area contributed by atoms with Gasteiger partial charge >= 0.3 is 5.97 Å². The summed E-state index contributed by atoms with van der Waals surface area (Å²) in [5.74, 6) is 4.88. The van der Waals surface area contributed by atoms with E-state index < -0.39 is 12.0 Å². The van der Waals surface area contributed by atoms with Gasteiger partial charge < -0.3 is 21.1 Å². The largest absolute Gasteiger partial charge is 0.480 e. The van der Waals surface area contributed by atoms with Gasteiger partial charge in [0.25, 0.3) is 0 Å². The molecule has 7 heteroatoms. The van der Waals surface area contributed by atoms with Gasteiger partial charge in [-0.2, -0.15) is 0 Å². The molecule has 0 saturated carbocycles. The van der Waals surface area contributed by atoms with Gasteiger partial charge in [0.2, 0.25) is 5.91 Å². The van der Waals surface area contributed by atoms with Gasteiger partial charge in [0.1, 0.15) is 6.04 Å². The fourth-order valence-electron chi connectivity index (χ4n) is 3.79. The average Bonchev–Trinajstić information content (AvgIpc) is 2.79. The van der Waals surface area contributed by atoms with Crippen molar-refractivity contribution in [1.29, 1.82) is 5.41 Å². The minimum Gasteiger partial charge on any atom is -0.480 e. The van der Waals surface area contributed by atoms with Crippen LogP contribution in [0.25, 0.3) is 0 Å². The van der Waals surface area contributed by atoms with Gasteiger partial charge in [-0.25, -0.2) is 4.79 Å². The average molecular weight is 433 g/mol. The second-order valence-corrected chi connectivity index (χ2v) is 8.02. The highest BCUT2D eigenvalue weighted by Crippen LogP contribution is 2.19. The number of guanidine groups is 1. The number of rotatable bonds is 6. The fourth-order valence-corrected chi connectivity index (χ4v) is 3.79. The van der Waals surface area contributed by atoms with Gasteiger partial charge in [-0.05, 0) is 48.6 Å². The molecule has 5 N–H and O–H groups in total. The third kappa shape index (κ3) is 6.88. The number of aliphatic carboxylic acids is 1. The summed E-state index contributed by atoms with van der Waals surface area (Å²) in [5, 5.41) is 19.8. The smallest absolute Gasteiger partial charge is 0.326 e. The van der Waals surface area contributed by atoms with Crippen LogP contribution in [0.2, 0.25) is 0 Å². The molecule has 7 nitrogen and oxygen atoms in total. The van der Waals surface area contributed by atoms with Crippen LogP contribution in [0, 0.1) is 23.2 Å². The first-order valence-electron chi connectivity index (χ1n) is 10.7. The van der Waals surface area contributed by atoms with Gasteiger partial charge in [0, 0.05) is 37.1 Å². The molecule has 0 aliphatic carbocycles. The Balaban J connectivity index is 1.55. The summed E-state index contributed by atoms with van der Waals surface area (Å²) in [6.07, 6.45) is 2.14. The third-order valence-electron chi connectivity index (χ3n) is 5.49. The number of nitrogens with one attached hydrogen (secondary N) is 2. The SMILES string of the molecule is N=C(N)N1CCCC(CC(=O)NC(Cc2ccc(C#Cc3ccccc3)cc2)C(=O)O)C1. The van der Waals surface area contributed by atoms with E-state index in [0.717, 1.165) is 36.1 Å². The maximum absolute atomic E-state index is 12.5. The van der Waals surface area contributed by atoms with E-state index in [4.69, 9.17) is 11.1 Å². The topological polar surface area (TPSA) is 120 Å². The van der Waals surface area contributed by atoms with Gasteiger partial charge in [-0.3, -0.25) is 10.2 Å². The molecule has 1 aliphatic heterocycles. The Bertz CT molecular complexity index is 1010. The molecule has 0 radical (unpaired) electrons. The number of carboxylic acids is 1. The first kappa shape index (κ1) is 22.9. The van der Waals surface area contributed by atoms with Crippen LogP contribution in [0.3, 0.4) is 0 Å². The molecule has 1 amide bonds. The number of piperidine rings is 1. The Hall–Kier alpha value is -3.79. The zero-order valence-corrected chi connectivity index (χ0v) is 17.9. The fraction of sp³-hybridized carbons (Fsp3) is 0.320. The molecule has 1 aliphatic rings. The van der Waals surface area contributed by atoms with Crippen LogP contribution in [0.15, 0.2) is 54.6 Å². The monoisotopic (exact) mass is 432 g/mol. The molecule has 3 rings (SSSR count). The van der Waals surface area contributed by atoms with Crippen molar-refractivity contribution < 1.29 is 14.7 Å². The number of benzene rings is 2. The molecule has 2 atom stereocenters. The Morgan fingerprint density at radius 2 is 1.78 bits per heavy atom. The number of carbonyl (C=O) groups is 2. The zero-order chi connectivity index (χ0) is 22.9. The molecule has 0 aromatic heterocycles. The Morgan fingerprint density at radius 3 is 2.41 bits per heavy atom. The highest BCUT2D eigenvalue weighted by Gasteiger charge is 2.26. The quantitative estimate of drug-likeness (QED) is 0.317. The summed E-state index contributed by atoms with van der Waals surface area (Å²) >= 11 is 0. The molecular formula is C25H28N4O3. The van der Waals surface area contributed by atoms with Crippen molar-refractivity contribution in [1.82, 2.24) is 10.2 Å². The van der Waals surface area contributed by atoms with Gasteiger partial charge in [0.05, 0.1) is 0 Å². The van der Waals surface area contributed by atoms with Crippen LogP contribution in [-0.4, -0.2) is 47.0 Å². The molecule has 2 aromatic rings. The van der Waals surface area contributed by atoms with Crippen LogP contribution >= 0.6 is 0 Å². The van der Waals surface area contributed by atoms with Crippen LogP contribution in [-0.2, 0) is 16.0 Å². The first-order valence-corrected chi connectivity index (χ1v) is 10.7. The van der Waals surface area contributed by atoms with Crippen molar-refractivity contribution in [3.05, 3.63) is 71.3 Å². The minimum atomic E-state index is -1.07. The van der Waals surface area contributed by atoms with Gasteiger partial charge in [-0.1, -0.05) is 42.2 Å². The van der Waals surface area contributed by atoms with Crippen LogP contribution in [0.1, 0.15) is 36.0 Å². The second-order valence-electron chi connectivity index (χ2n) is 8.02. The lowest BCUT2D eigenvalue weighted by atomic mass is 9.94. The Morgan fingerprint density at radius 1 is 1.12 bits per heavy atom. The van der Waals surface area contributed by atoms with Crippen LogP contribution in [0.4, 0.5) is 0 Å². The maximum Gasteiger partial charge on any atom is 0.326 e. The summed E-state index contributed by atoms with van der Waals surface area (Å²) in [4.78, 5) is 25.9. The van der Waals surface area contributed by atoms with Gasteiger partial charge in [-0.15, -0.1) is 0 Å². The molecule has 32 heavy (non-hydrogen) atoms. The van der Waals surface area contributed by atoms with E-state index in [2.05, 4.69) is 17.2 Å². The lowest BCUT2D eigenvalue weighted by Gasteiger charge is -2.32. The molecule has 0 spiro atoms. The molecular weight excluding hydrogens is 404 g/mol. The minimum absolute atomic E-state index is 0.00965. The molecule has 2 unspecified atom stereocenters. The maximum atomic E-state index is 12.5. The molecule has 2 aromatic carbocycles. The van der Waals surface area contributed by atoms with E-state index in [1.165, 1.54) is 0 Å². The summed E-state index contributed by atoms with van der Waals surface area (Å²) in [6.45, 7) is 1.27. The summed E-state index contributed by atoms with van der Waals surface area (Å²) in [5.41, 5.74) is 8.12. The van der Waals surface area contributed by atoms with E-state index in [-0.39, 0.29) is 30.6 Å². The number of likely N-dealkylation sites (tertiary alicyclic amines) is 1. The molecule has 166 valence electrons. The highest BCUT2D eigenvalue weighted by atomic mass is 16.4. The van der Waals surface area contributed by atoms with Crippen molar-refractivity contribution in [2.45, 2.75) is 31.7 Å². The number of hydrogen-bond donors (Lipinski definition) is 4. The van der Waals surface area contributed by atoms with Crippen molar-refractivity contribution in [3.63, 3.8) is 0 Å². The van der Waals surface area contributed by atoms with Crippen molar-refractivity contribution in [3.8, 4) is 11.8 Å². The van der Waals surface area contributed by atoms with Crippen LogP contribution in [0.5, 0.6) is 0 Å². The van der Waals surface area contributed by atoms with E-state index in [9.17, 15) is 14.7 Å². The standard InChI is InChI=1S/C25H28N4O3/c26-25(27)29-14-4-7-21(17-29)16-23(30)28-22(24(31)32)15-20-12-10-19(11-13-20)9-8-18-5-2-1-3-6-18/h1-3,5-6,10-13,21-22H,4,7,14-17H2,(H3,26,27)(H,28,30)(H,31,32). The lowest BCUT2D eigenvalue weighted by molar-refractivity contribution is -0.142. The lowest BCUT2D eigenvalue weighted by Crippen LogP contribution is -2.46. The molecule has 0 bridgehead atoms. The van der Waals surface area contributed by atoms with Crippen molar-refractivity contribution in [2.75, 3.05) is 13.1 Å². The third-order valence-corrected chi connectivity index (χ3v) is 5.49. The summed E-state index contributed by atoms with van der Waals surface area (Å²) in [7, 11) is 0. The normalized spacial score (nSPS) is 16.4. The molecule has 1 fully saturated rings.